The van der Waals surface area contributed by atoms with Crippen molar-refractivity contribution in [3.63, 3.8) is 0 Å². The number of rotatable bonds is 2. The first-order chi connectivity index (χ1) is 13.6. The van der Waals surface area contributed by atoms with E-state index in [1.165, 1.54) is 0 Å². The average molecular weight is 372 g/mol. The van der Waals surface area contributed by atoms with Crippen molar-refractivity contribution in [1.29, 1.82) is 0 Å². The maximum atomic E-state index is 13.4. The average Bonchev–Trinajstić information content (AvgIpc) is 3.25. The van der Waals surface area contributed by atoms with Gasteiger partial charge in [-0.2, -0.15) is 0 Å². The zero-order chi connectivity index (χ0) is 19.3. The van der Waals surface area contributed by atoms with Gasteiger partial charge in [0.05, 0.1) is 22.8 Å². The Bertz CT molecular complexity index is 1080. The molecule has 3 aromatic rings. The van der Waals surface area contributed by atoms with Crippen LogP contribution < -0.4 is 5.32 Å². The number of aryl methyl sites for hydroxylation is 1. The molecule has 2 saturated heterocycles. The van der Waals surface area contributed by atoms with Crippen molar-refractivity contribution in [3.8, 4) is 11.3 Å². The molecule has 2 aliphatic rings. The highest BCUT2D eigenvalue weighted by Crippen LogP contribution is 2.30. The van der Waals surface area contributed by atoms with E-state index >= 15 is 0 Å². The van der Waals surface area contributed by atoms with Gasteiger partial charge in [0.25, 0.3) is 5.91 Å². The molecule has 2 fully saturated rings. The second kappa shape index (κ2) is 6.41. The number of hydrogen-bond acceptors (Lipinski definition) is 4. The Morgan fingerprint density at radius 1 is 1.21 bits per heavy atom. The summed E-state index contributed by atoms with van der Waals surface area (Å²) >= 11 is 0. The summed E-state index contributed by atoms with van der Waals surface area (Å²) in [4.78, 5) is 35.8. The van der Waals surface area contributed by atoms with E-state index in [-0.39, 0.29) is 23.8 Å². The molecule has 0 aliphatic carbocycles. The lowest BCUT2D eigenvalue weighted by molar-refractivity contribution is -0.119. The van der Waals surface area contributed by atoms with Crippen LogP contribution in [-0.4, -0.2) is 45.8 Å². The summed E-state index contributed by atoms with van der Waals surface area (Å²) in [6.45, 7) is 3.19. The van der Waals surface area contributed by atoms with Crippen LogP contribution in [0.2, 0.25) is 0 Å². The van der Waals surface area contributed by atoms with Crippen LogP contribution in [0.1, 0.15) is 22.3 Å². The second-order valence-corrected chi connectivity index (χ2v) is 7.67. The van der Waals surface area contributed by atoms with Crippen molar-refractivity contribution < 1.29 is 9.59 Å². The van der Waals surface area contributed by atoms with Crippen molar-refractivity contribution in [2.75, 3.05) is 13.1 Å². The number of hydrogen-bond donors (Lipinski definition) is 1. The molecule has 2 atom stereocenters. The summed E-state index contributed by atoms with van der Waals surface area (Å²) in [6, 6.07) is 11.7. The molecule has 5 rings (SSSR count). The Balaban J connectivity index is 1.58. The van der Waals surface area contributed by atoms with Crippen molar-refractivity contribution in [1.82, 2.24) is 20.2 Å². The number of fused-ring (bicyclic) bond motifs is 2. The summed E-state index contributed by atoms with van der Waals surface area (Å²) in [7, 11) is 0. The van der Waals surface area contributed by atoms with Crippen LogP contribution in [0.25, 0.3) is 22.2 Å². The van der Waals surface area contributed by atoms with E-state index in [0.717, 1.165) is 27.7 Å². The fourth-order valence-electron chi connectivity index (χ4n) is 4.26. The summed E-state index contributed by atoms with van der Waals surface area (Å²) < 4.78 is 0. The number of carbonyl (C=O) groups excluding carboxylic acids is 2. The first-order valence-electron chi connectivity index (χ1n) is 9.49. The Kier molecular flexibility index (Phi) is 3.86. The van der Waals surface area contributed by atoms with E-state index in [4.69, 9.17) is 4.98 Å². The van der Waals surface area contributed by atoms with Crippen LogP contribution in [0.5, 0.6) is 0 Å². The lowest BCUT2D eigenvalue weighted by Crippen LogP contribution is -2.35. The highest BCUT2D eigenvalue weighted by molar-refractivity contribution is 6.07. The molecule has 0 bridgehead atoms. The van der Waals surface area contributed by atoms with E-state index in [1.54, 1.807) is 12.4 Å². The molecule has 0 saturated carbocycles. The van der Waals surface area contributed by atoms with Crippen LogP contribution in [0.4, 0.5) is 0 Å². The normalized spacial score (nSPS) is 21.0. The molecular formula is C22H20N4O2. The van der Waals surface area contributed by atoms with Gasteiger partial charge in [-0.25, -0.2) is 4.98 Å². The van der Waals surface area contributed by atoms with Gasteiger partial charge in [0, 0.05) is 48.8 Å². The van der Waals surface area contributed by atoms with E-state index in [2.05, 4.69) is 10.3 Å². The van der Waals surface area contributed by atoms with Crippen molar-refractivity contribution in [3.05, 3.63) is 59.9 Å². The third-order valence-corrected chi connectivity index (χ3v) is 5.67. The Morgan fingerprint density at radius 3 is 2.89 bits per heavy atom. The van der Waals surface area contributed by atoms with Crippen molar-refractivity contribution in [2.45, 2.75) is 19.4 Å². The lowest BCUT2D eigenvalue weighted by atomic mass is 10.0. The molecule has 2 amide bonds. The van der Waals surface area contributed by atoms with Gasteiger partial charge >= 0.3 is 0 Å². The molecule has 0 radical (unpaired) electrons. The molecule has 140 valence electrons. The Labute approximate surface area is 162 Å². The number of amides is 2. The van der Waals surface area contributed by atoms with Crippen LogP contribution in [-0.2, 0) is 4.79 Å². The Morgan fingerprint density at radius 2 is 2.11 bits per heavy atom. The van der Waals surface area contributed by atoms with E-state index in [9.17, 15) is 9.59 Å². The van der Waals surface area contributed by atoms with Crippen molar-refractivity contribution in [2.24, 2.45) is 5.92 Å². The predicted octanol–water partition coefficient (Wildman–Crippen LogP) is 2.57. The third-order valence-electron chi connectivity index (χ3n) is 5.67. The minimum Gasteiger partial charge on any atom is -0.351 e. The fourth-order valence-corrected chi connectivity index (χ4v) is 4.26. The maximum absolute atomic E-state index is 13.4. The van der Waals surface area contributed by atoms with Crippen LogP contribution >= 0.6 is 0 Å². The zero-order valence-corrected chi connectivity index (χ0v) is 15.6. The van der Waals surface area contributed by atoms with Gasteiger partial charge in [0.2, 0.25) is 5.91 Å². The van der Waals surface area contributed by atoms with Gasteiger partial charge in [-0.15, -0.1) is 0 Å². The molecule has 6 heteroatoms. The van der Waals surface area contributed by atoms with Gasteiger partial charge in [0.15, 0.2) is 0 Å². The highest BCUT2D eigenvalue weighted by atomic mass is 16.2. The van der Waals surface area contributed by atoms with Gasteiger partial charge in [-0.3, -0.25) is 14.6 Å². The third kappa shape index (κ3) is 2.81. The number of carbonyl (C=O) groups is 2. The van der Waals surface area contributed by atoms with E-state index < -0.39 is 0 Å². The minimum atomic E-state index is -0.00760. The molecule has 2 aromatic heterocycles. The van der Waals surface area contributed by atoms with E-state index in [1.807, 2.05) is 48.2 Å². The Hall–Kier alpha value is -3.28. The SMILES string of the molecule is Cc1ccc2nc(-c3cccnc3)cc(C(=O)N3C[C@@H]4CC(=O)N[C@@H]4C3)c2c1. The monoisotopic (exact) mass is 372 g/mol. The topological polar surface area (TPSA) is 75.2 Å². The molecule has 0 spiro atoms. The maximum Gasteiger partial charge on any atom is 0.254 e. The zero-order valence-electron chi connectivity index (χ0n) is 15.6. The molecule has 28 heavy (non-hydrogen) atoms. The minimum absolute atomic E-state index is 0.00760. The largest absolute Gasteiger partial charge is 0.351 e. The number of aromatic nitrogens is 2. The quantitative estimate of drug-likeness (QED) is 0.750. The molecule has 0 unspecified atom stereocenters. The number of pyridine rings is 2. The van der Waals surface area contributed by atoms with Gasteiger partial charge in [-0.05, 0) is 37.3 Å². The smallest absolute Gasteiger partial charge is 0.254 e. The highest BCUT2D eigenvalue weighted by Gasteiger charge is 2.42. The summed E-state index contributed by atoms with van der Waals surface area (Å²) in [5, 5.41) is 3.84. The predicted molar refractivity (Wildman–Crippen MR) is 106 cm³/mol. The molecule has 6 nitrogen and oxygen atoms in total. The summed E-state index contributed by atoms with van der Waals surface area (Å²) in [5.41, 5.74) is 4.15. The molecule has 4 heterocycles. The lowest BCUT2D eigenvalue weighted by Gasteiger charge is -2.19. The number of nitrogens with zero attached hydrogens (tertiary/aromatic N) is 3. The fraction of sp³-hybridized carbons (Fsp3) is 0.273. The summed E-state index contributed by atoms with van der Waals surface area (Å²) in [6.07, 6.45) is 3.98. The van der Waals surface area contributed by atoms with Gasteiger partial charge in [-0.1, -0.05) is 11.6 Å². The molecule has 1 N–H and O–H groups in total. The molecular weight excluding hydrogens is 352 g/mol. The van der Waals surface area contributed by atoms with Crippen LogP contribution in [0.3, 0.4) is 0 Å². The van der Waals surface area contributed by atoms with Gasteiger partial charge < -0.3 is 10.2 Å². The summed E-state index contributed by atoms with van der Waals surface area (Å²) in [5.74, 6) is 0.293. The van der Waals surface area contributed by atoms with Crippen molar-refractivity contribution >= 4 is 22.7 Å². The number of nitrogens with one attached hydrogen (secondary N) is 1. The molecule has 1 aromatic carbocycles. The first kappa shape index (κ1) is 16.9. The van der Waals surface area contributed by atoms with E-state index in [0.29, 0.717) is 25.1 Å². The number of likely N-dealkylation sites (tertiary alicyclic amines) is 1. The first-order valence-corrected chi connectivity index (χ1v) is 9.49. The van der Waals surface area contributed by atoms with Gasteiger partial charge in [0.1, 0.15) is 0 Å². The van der Waals surface area contributed by atoms with Crippen LogP contribution in [0, 0.1) is 12.8 Å². The number of benzene rings is 1. The second-order valence-electron chi connectivity index (χ2n) is 7.67. The molecule has 2 aliphatic heterocycles. The van der Waals surface area contributed by atoms with Crippen LogP contribution in [0.15, 0.2) is 48.8 Å². The standard InChI is InChI=1S/C22H20N4O2/c1-13-4-5-18-16(7-13)17(9-19(24-18)14-3-2-6-23-10-14)22(28)26-11-15-8-21(27)25-20(15)12-26/h2-7,9-10,15,20H,8,11-12H2,1H3,(H,25,27)/t15-,20+/m0/s1.